The van der Waals surface area contributed by atoms with Gasteiger partial charge in [0.15, 0.2) is 0 Å². The van der Waals surface area contributed by atoms with E-state index in [2.05, 4.69) is 15.5 Å². The van der Waals surface area contributed by atoms with E-state index in [0.29, 0.717) is 0 Å². The predicted octanol–water partition coefficient (Wildman–Crippen LogP) is 1.35. The van der Waals surface area contributed by atoms with E-state index in [-0.39, 0.29) is 12.4 Å². The molecule has 0 atom stereocenters. The molecule has 1 aliphatic carbocycles. The van der Waals surface area contributed by atoms with Crippen LogP contribution in [-0.2, 0) is 13.0 Å². The molecule has 3 rings (SSSR count). The van der Waals surface area contributed by atoms with Crippen LogP contribution in [0.3, 0.4) is 0 Å². The van der Waals surface area contributed by atoms with Crippen LogP contribution in [-0.4, -0.2) is 16.7 Å². The molecule has 1 aliphatic heterocycles. The van der Waals surface area contributed by atoms with Crippen LogP contribution in [0.2, 0.25) is 0 Å². The molecule has 13 heavy (non-hydrogen) atoms. The first-order valence-electron chi connectivity index (χ1n) is 4.72. The minimum absolute atomic E-state index is 0. The first kappa shape index (κ1) is 9.03. The largest absolute Gasteiger partial charge is 0.312 e. The number of fused-ring (bicyclic) bond motifs is 1. The smallest absolute Gasteiger partial charge is 0.0700 e. The Morgan fingerprint density at radius 1 is 1.31 bits per heavy atom. The van der Waals surface area contributed by atoms with Gasteiger partial charge in [-0.25, -0.2) is 0 Å². The third-order valence-electron chi connectivity index (χ3n) is 2.80. The van der Waals surface area contributed by atoms with E-state index in [0.717, 1.165) is 25.4 Å². The van der Waals surface area contributed by atoms with Crippen LogP contribution in [0, 0.1) is 0 Å². The highest BCUT2D eigenvalue weighted by Crippen LogP contribution is 2.41. The van der Waals surface area contributed by atoms with E-state index in [1.807, 2.05) is 0 Å². The minimum atomic E-state index is 0. The molecule has 0 saturated heterocycles. The van der Waals surface area contributed by atoms with Crippen molar-refractivity contribution in [3.8, 4) is 0 Å². The summed E-state index contributed by atoms with van der Waals surface area (Å²) in [6.45, 7) is 2.12. The Bertz CT molecular complexity index is 304. The van der Waals surface area contributed by atoms with Crippen LogP contribution in [0.5, 0.6) is 0 Å². The lowest BCUT2D eigenvalue weighted by Gasteiger charge is -2.12. The number of H-pyrrole nitrogens is 1. The summed E-state index contributed by atoms with van der Waals surface area (Å²) < 4.78 is 0. The first-order valence-corrected chi connectivity index (χ1v) is 4.72. The second kappa shape index (κ2) is 3.31. The lowest BCUT2D eigenvalue weighted by Crippen LogP contribution is -2.23. The van der Waals surface area contributed by atoms with E-state index in [1.54, 1.807) is 0 Å². The standard InChI is InChI=1S/C9H13N3.ClH/c1-2-6(1)9-7-5-10-4-3-8(7)11-12-9;/h6,10H,1-5H2,(H,11,12);1H. The van der Waals surface area contributed by atoms with Crippen LogP contribution >= 0.6 is 12.4 Å². The van der Waals surface area contributed by atoms with Crippen molar-refractivity contribution in [3.63, 3.8) is 0 Å². The van der Waals surface area contributed by atoms with Gasteiger partial charge in [-0.3, -0.25) is 5.10 Å². The fraction of sp³-hybridized carbons (Fsp3) is 0.667. The van der Waals surface area contributed by atoms with Gasteiger partial charge in [-0.2, -0.15) is 5.10 Å². The van der Waals surface area contributed by atoms with Crippen molar-refractivity contribution in [3.05, 3.63) is 17.0 Å². The molecule has 0 aromatic carbocycles. The van der Waals surface area contributed by atoms with E-state index >= 15 is 0 Å². The Balaban J connectivity index is 0.000000653. The van der Waals surface area contributed by atoms with Gasteiger partial charge in [0.2, 0.25) is 0 Å². The van der Waals surface area contributed by atoms with Gasteiger partial charge in [0.25, 0.3) is 0 Å². The summed E-state index contributed by atoms with van der Waals surface area (Å²) in [5.74, 6) is 0.782. The summed E-state index contributed by atoms with van der Waals surface area (Å²) in [7, 11) is 0. The Kier molecular flexibility index (Phi) is 2.30. The lowest BCUT2D eigenvalue weighted by atomic mass is 10.1. The average molecular weight is 200 g/mol. The summed E-state index contributed by atoms with van der Waals surface area (Å²) in [5, 5.41) is 10.9. The van der Waals surface area contributed by atoms with Crippen molar-refractivity contribution in [1.82, 2.24) is 15.5 Å². The molecule has 2 N–H and O–H groups in total. The first-order chi connectivity index (χ1) is 5.95. The van der Waals surface area contributed by atoms with Crippen LogP contribution < -0.4 is 5.32 Å². The van der Waals surface area contributed by atoms with Gasteiger partial charge in [-0.05, 0) is 12.8 Å². The Morgan fingerprint density at radius 3 is 2.92 bits per heavy atom. The molecular formula is C9H14ClN3. The second-order valence-electron chi connectivity index (χ2n) is 3.77. The van der Waals surface area contributed by atoms with Crippen molar-refractivity contribution in [2.75, 3.05) is 6.54 Å². The number of nitrogens with zero attached hydrogens (tertiary/aromatic N) is 1. The molecule has 1 saturated carbocycles. The molecule has 0 amide bonds. The third-order valence-corrected chi connectivity index (χ3v) is 2.80. The van der Waals surface area contributed by atoms with Crippen LogP contribution in [0.15, 0.2) is 0 Å². The number of aromatic amines is 1. The number of aromatic nitrogens is 2. The summed E-state index contributed by atoms with van der Waals surface area (Å²) in [4.78, 5) is 0. The van der Waals surface area contributed by atoms with E-state index in [4.69, 9.17) is 0 Å². The highest BCUT2D eigenvalue weighted by molar-refractivity contribution is 5.85. The zero-order valence-corrected chi connectivity index (χ0v) is 8.28. The summed E-state index contributed by atoms with van der Waals surface area (Å²) in [5.41, 5.74) is 4.18. The Morgan fingerprint density at radius 2 is 2.15 bits per heavy atom. The molecule has 3 nitrogen and oxygen atoms in total. The molecule has 1 aromatic heterocycles. The van der Waals surface area contributed by atoms with Crippen LogP contribution in [0.1, 0.15) is 35.7 Å². The molecule has 2 heterocycles. The van der Waals surface area contributed by atoms with E-state index in [9.17, 15) is 0 Å². The van der Waals surface area contributed by atoms with Gasteiger partial charge in [-0.1, -0.05) is 0 Å². The van der Waals surface area contributed by atoms with Crippen molar-refractivity contribution < 1.29 is 0 Å². The van der Waals surface area contributed by atoms with Gasteiger partial charge >= 0.3 is 0 Å². The zero-order valence-electron chi connectivity index (χ0n) is 7.47. The predicted molar refractivity (Wildman–Crippen MR) is 53.2 cm³/mol. The van der Waals surface area contributed by atoms with Crippen LogP contribution in [0.4, 0.5) is 0 Å². The molecule has 4 heteroatoms. The van der Waals surface area contributed by atoms with E-state index in [1.165, 1.54) is 29.8 Å². The maximum Gasteiger partial charge on any atom is 0.0700 e. The molecule has 0 unspecified atom stereocenters. The molecule has 0 bridgehead atoms. The molecule has 72 valence electrons. The lowest BCUT2D eigenvalue weighted by molar-refractivity contribution is 0.634. The van der Waals surface area contributed by atoms with Crippen molar-refractivity contribution in [1.29, 1.82) is 0 Å². The van der Waals surface area contributed by atoms with Gasteiger partial charge in [0, 0.05) is 36.7 Å². The van der Waals surface area contributed by atoms with Crippen LogP contribution in [0.25, 0.3) is 0 Å². The van der Waals surface area contributed by atoms with Gasteiger partial charge in [0.1, 0.15) is 0 Å². The normalized spacial score (nSPS) is 20.6. The number of halogens is 1. The molecular weight excluding hydrogens is 186 g/mol. The highest BCUT2D eigenvalue weighted by atomic mass is 35.5. The van der Waals surface area contributed by atoms with Gasteiger partial charge in [-0.15, -0.1) is 12.4 Å². The number of hydrogen-bond donors (Lipinski definition) is 2. The number of nitrogens with one attached hydrogen (secondary N) is 2. The number of rotatable bonds is 1. The van der Waals surface area contributed by atoms with Gasteiger partial charge in [0.05, 0.1) is 5.69 Å². The molecule has 0 spiro atoms. The SMILES string of the molecule is C1Cc2[nH]nc(C3CC3)c2CN1.Cl. The summed E-state index contributed by atoms with van der Waals surface area (Å²) in [6, 6.07) is 0. The summed E-state index contributed by atoms with van der Waals surface area (Å²) in [6.07, 6.45) is 3.81. The number of hydrogen-bond acceptors (Lipinski definition) is 2. The van der Waals surface area contributed by atoms with Crippen molar-refractivity contribution >= 4 is 12.4 Å². The molecule has 1 aromatic rings. The monoisotopic (exact) mass is 199 g/mol. The molecule has 1 fully saturated rings. The maximum absolute atomic E-state index is 4.39. The molecule has 2 aliphatic rings. The maximum atomic E-state index is 4.39. The third kappa shape index (κ3) is 1.46. The Hall–Kier alpha value is -0.540. The zero-order chi connectivity index (χ0) is 7.97. The van der Waals surface area contributed by atoms with Gasteiger partial charge < -0.3 is 5.32 Å². The average Bonchev–Trinajstić information content (AvgIpc) is 2.86. The molecule has 0 radical (unpaired) electrons. The highest BCUT2D eigenvalue weighted by Gasteiger charge is 2.30. The Labute approximate surface area is 83.7 Å². The van der Waals surface area contributed by atoms with E-state index < -0.39 is 0 Å². The van der Waals surface area contributed by atoms with Crippen molar-refractivity contribution in [2.45, 2.75) is 31.7 Å². The summed E-state index contributed by atoms with van der Waals surface area (Å²) >= 11 is 0. The van der Waals surface area contributed by atoms with Crippen molar-refractivity contribution in [2.24, 2.45) is 0 Å². The fourth-order valence-electron chi connectivity index (χ4n) is 1.94. The second-order valence-corrected chi connectivity index (χ2v) is 3.77. The topological polar surface area (TPSA) is 40.7 Å². The fourth-order valence-corrected chi connectivity index (χ4v) is 1.94. The minimum Gasteiger partial charge on any atom is -0.312 e. The quantitative estimate of drug-likeness (QED) is 0.717.